The lowest BCUT2D eigenvalue weighted by molar-refractivity contribution is -0.144. The fraction of sp³-hybridized carbons (Fsp3) is 0.500. The Balaban J connectivity index is 2.65. The molecule has 0 unspecified atom stereocenters. The second-order valence-electron chi connectivity index (χ2n) is 6.26. The van der Waals surface area contributed by atoms with Crippen LogP contribution in [0.5, 0.6) is 0 Å². The van der Waals surface area contributed by atoms with Crippen molar-refractivity contribution in [1.29, 1.82) is 0 Å². The second kappa shape index (κ2) is 6.98. The van der Waals surface area contributed by atoms with Gasteiger partial charge in [0.1, 0.15) is 6.04 Å². The van der Waals surface area contributed by atoms with E-state index < -0.39 is 17.4 Å². The second-order valence-corrected chi connectivity index (χ2v) is 7.28. The molecule has 1 amide bonds. The van der Waals surface area contributed by atoms with Crippen LogP contribution in [0.2, 0.25) is 0 Å². The molecular formula is C16H23NO3S. The molecule has 2 N–H and O–H groups in total. The van der Waals surface area contributed by atoms with Gasteiger partial charge in [-0.25, -0.2) is 4.79 Å². The molecule has 0 aliphatic rings. The molecular weight excluding hydrogens is 286 g/mol. The van der Waals surface area contributed by atoms with Gasteiger partial charge in [-0.2, -0.15) is 0 Å². The fourth-order valence-corrected chi connectivity index (χ4v) is 2.79. The van der Waals surface area contributed by atoms with Crippen molar-refractivity contribution in [3.8, 4) is 0 Å². The van der Waals surface area contributed by atoms with Crippen molar-refractivity contribution in [2.24, 2.45) is 5.41 Å². The summed E-state index contributed by atoms with van der Waals surface area (Å²) in [5.41, 5.74) is 1.73. The van der Waals surface area contributed by atoms with Crippen LogP contribution in [-0.2, 0) is 9.59 Å². The summed E-state index contributed by atoms with van der Waals surface area (Å²) in [4.78, 5) is 24.3. The number of rotatable bonds is 5. The smallest absolute Gasteiger partial charge is 0.326 e. The number of carbonyl (C=O) groups excluding carboxylic acids is 1. The lowest BCUT2D eigenvalue weighted by atomic mass is 9.87. The van der Waals surface area contributed by atoms with Crippen LogP contribution in [0.3, 0.4) is 0 Å². The summed E-state index contributed by atoms with van der Waals surface area (Å²) in [6, 6.07) is 5.19. The lowest BCUT2D eigenvalue weighted by Crippen LogP contribution is -2.49. The Morgan fingerprint density at radius 3 is 2.43 bits per heavy atom. The quantitative estimate of drug-likeness (QED) is 0.821. The van der Waals surface area contributed by atoms with E-state index >= 15 is 0 Å². The number of carboxylic acids is 1. The number of aryl methyl sites for hydroxylation is 2. The Bertz CT molecular complexity index is 535. The van der Waals surface area contributed by atoms with E-state index in [1.54, 1.807) is 20.8 Å². The third-order valence-electron chi connectivity index (χ3n) is 3.12. The van der Waals surface area contributed by atoms with E-state index in [1.165, 1.54) is 11.8 Å². The van der Waals surface area contributed by atoms with Crippen molar-refractivity contribution in [3.05, 3.63) is 29.3 Å². The zero-order chi connectivity index (χ0) is 16.2. The van der Waals surface area contributed by atoms with Crippen molar-refractivity contribution in [3.63, 3.8) is 0 Å². The average Bonchev–Trinajstić information content (AvgIpc) is 2.35. The minimum atomic E-state index is -1.01. The average molecular weight is 309 g/mol. The van der Waals surface area contributed by atoms with Crippen LogP contribution in [0.1, 0.15) is 31.9 Å². The molecule has 21 heavy (non-hydrogen) atoms. The van der Waals surface area contributed by atoms with Gasteiger partial charge in [0.2, 0.25) is 5.91 Å². The molecule has 1 rings (SSSR count). The first-order valence-electron chi connectivity index (χ1n) is 6.83. The molecule has 0 fully saturated rings. The SMILES string of the molecule is Cc1ccc(C)c(SCC(=O)N[C@H](C(=O)O)C(C)(C)C)c1. The minimum Gasteiger partial charge on any atom is -0.480 e. The highest BCUT2D eigenvalue weighted by Crippen LogP contribution is 2.24. The molecule has 116 valence electrons. The predicted molar refractivity (Wildman–Crippen MR) is 85.7 cm³/mol. The van der Waals surface area contributed by atoms with Gasteiger partial charge in [-0.3, -0.25) is 4.79 Å². The van der Waals surface area contributed by atoms with E-state index in [0.717, 1.165) is 16.0 Å². The first-order valence-corrected chi connectivity index (χ1v) is 7.82. The van der Waals surface area contributed by atoms with E-state index in [4.69, 9.17) is 0 Å². The van der Waals surface area contributed by atoms with Gasteiger partial charge in [0.15, 0.2) is 0 Å². The molecule has 1 aromatic rings. The van der Waals surface area contributed by atoms with Gasteiger partial charge in [-0.05, 0) is 30.9 Å². The summed E-state index contributed by atoms with van der Waals surface area (Å²) in [7, 11) is 0. The largest absolute Gasteiger partial charge is 0.480 e. The number of benzene rings is 1. The maximum atomic E-state index is 12.0. The molecule has 0 spiro atoms. The Labute approximate surface area is 130 Å². The minimum absolute atomic E-state index is 0.212. The summed E-state index contributed by atoms with van der Waals surface area (Å²) in [6.45, 7) is 9.39. The Morgan fingerprint density at radius 1 is 1.29 bits per heavy atom. The number of hydrogen-bond donors (Lipinski definition) is 2. The summed E-state index contributed by atoms with van der Waals surface area (Å²) < 4.78 is 0. The van der Waals surface area contributed by atoms with Crippen molar-refractivity contribution in [2.45, 2.75) is 45.6 Å². The van der Waals surface area contributed by atoms with Crippen LogP contribution in [0.15, 0.2) is 23.1 Å². The van der Waals surface area contributed by atoms with Gasteiger partial charge in [0.25, 0.3) is 0 Å². The van der Waals surface area contributed by atoms with Gasteiger partial charge in [0.05, 0.1) is 5.75 Å². The molecule has 0 saturated heterocycles. The Hall–Kier alpha value is -1.49. The van der Waals surface area contributed by atoms with Gasteiger partial charge < -0.3 is 10.4 Å². The zero-order valence-corrected chi connectivity index (χ0v) is 14.0. The van der Waals surface area contributed by atoms with E-state index in [2.05, 4.69) is 5.32 Å². The van der Waals surface area contributed by atoms with E-state index in [-0.39, 0.29) is 11.7 Å². The molecule has 0 saturated carbocycles. The van der Waals surface area contributed by atoms with E-state index in [1.807, 2.05) is 32.0 Å². The fourth-order valence-electron chi connectivity index (χ4n) is 1.86. The lowest BCUT2D eigenvalue weighted by Gasteiger charge is -2.27. The van der Waals surface area contributed by atoms with Crippen LogP contribution in [0.4, 0.5) is 0 Å². The van der Waals surface area contributed by atoms with Crippen molar-refractivity contribution in [1.82, 2.24) is 5.32 Å². The molecule has 1 aromatic carbocycles. The molecule has 0 aliphatic heterocycles. The number of hydrogen-bond acceptors (Lipinski definition) is 3. The molecule has 4 nitrogen and oxygen atoms in total. The predicted octanol–water partition coefficient (Wildman–Crippen LogP) is 3.01. The maximum absolute atomic E-state index is 12.0. The number of amides is 1. The van der Waals surface area contributed by atoms with Crippen LogP contribution in [0.25, 0.3) is 0 Å². The van der Waals surface area contributed by atoms with Gasteiger partial charge in [0, 0.05) is 4.90 Å². The summed E-state index contributed by atoms with van der Waals surface area (Å²) >= 11 is 1.43. The number of nitrogens with one attached hydrogen (secondary N) is 1. The van der Waals surface area contributed by atoms with Crippen LogP contribution >= 0.6 is 11.8 Å². The maximum Gasteiger partial charge on any atom is 0.326 e. The third kappa shape index (κ3) is 5.42. The molecule has 0 aliphatic carbocycles. The van der Waals surface area contributed by atoms with Crippen LogP contribution in [0, 0.1) is 19.3 Å². The van der Waals surface area contributed by atoms with Crippen molar-refractivity contribution >= 4 is 23.6 Å². The van der Waals surface area contributed by atoms with Crippen LogP contribution < -0.4 is 5.32 Å². The number of carboxylic acid groups (broad SMARTS) is 1. The number of aliphatic carboxylic acids is 1. The first kappa shape index (κ1) is 17.6. The zero-order valence-electron chi connectivity index (χ0n) is 13.2. The van der Waals surface area contributed by atoms with Gasteiger partial charge >= 0.3 is 5.97 Å². The Kier molecular flexibility index (Phi) is 5.84. The third-order valence-corrected chi connectivity index (χ3v) is 4.28. The molecule has 0 radical (unpaired) electrons. The highest BCUT2D eigenvalue weighted by atomic mass is 32.2. The first-order chi connectivity index (χ1) is 9.61. The van der Waals surface area contributed by atoms with Crippen LogP contribution in [-0.4, -0.2) is 28.8 Å². The molecule has 5 heteroatoms. The van der Waals surface area contributed by atoms with E-state index in [9.17, 15) is 14.7 Å². The standard InChI is InChI=1S/C16H23NO3S/c1-10-6-7-11(2)12(8-10)21-9-13(18)17-14(15(19)20)16(3,4)5/h6-8,14H,9H2,1-5H3,(H,17,18)(H,19,20)/t14-/m1/s1. The summed E-state index contributed by atoms with van der Waals surface area (Å²) in [6.07, 6.45) is 0. The van der Waals surface area contributed by atoms with Crippen molar-refractivity contribution in [2.75, 3.05) is 5.75 Å². The Morgan fingerprint density at radius 2 is 1.90 bits per heavy atom. The number of thioether (sulfide) groups is 1. The topological polar surface area (TPSA) is 66.4 Å². The molecule has 0 aromatic heterocycles. The summed E-state index contributed by atoms with van der Waals surface area (Å²) in [5.74, 6) is -1.06. The van der Waals surface area contributed by atoms with E-state index in [0.29, 0.717) is 0 Å². The normalized spacial score (nSPS) is 12.8. The molecule has 0 bridgehead atoms. The molecule has 1 atom stereocenters. The monoisotopic (exact) mass is 309 g/mol. The highest BCUT2D eigenvalue weighted by molar-refractivity contribution is 8.00. The summed E-state index contributed by atoms with van der Waals surface area (Å²) in [5, 5.41) is 11.8. The number of carbonyl (C=O) groups is 2. The highest BCUT2D eigenvalue weighted by Gasteiger charge is 2.32. The van der Waals surface area contributed by atoms with Crippen molar-refractivity contribution < 1.29 is 14.7 Å². The van der Waals surface area contributed by atoms with Gasteiger partial charge in [-0.15, -0.1) is 11.8 Å². The van der Waals surface area contributed by atoms with Gasteiger partial charge in [-0.1, -0.05) is 38.5 Å². The molecule has 0 heterocycles.